The van der Waals surface area contributed by atoms with Gasteiger partial charge >= 0.3 is 0 Å². The van der Waals surface area contributed by atoms with Gasteiger partial charge in [0.25, 0.3) is 0 Å². The van der Waals surface area contributed by atoms with Gasteiger partial charge in [-0.2, -0.15) is 0 Å². The fraction of sp³-hybridized carbons (Fsp3) is 0.286. The van der Waals surface area contributed by atoms with Crippen molar-refractivity contribution in [1.82, 2.24) is 14.8 Å². The number of hydrogen-bond acceptors (Lipinski definition) is 6. The van der Waals surface area contributed by atoms with Crippen molar-refractivity contribution in [1.29, 1.82) is 0 Å². The molecule has 0 aliphatic heterocycles. The van der Waals surface area contributed by atoms with Crippen LogP contribution in [0.25, 0.3) is 0 Å². The molecule has 0 aliphatic carbocycles. The molecule has 0 spiro atoms. The summed E-state index contributed by atoms with van der Waals surface area (Å²) in [5.41, 5.74) is 3.03. The average Bonchev–Trinajstić information content (AvgIpc) is 3.07. The van der Waals surface area contributed by atoms with E-state index in [4.69, 9.17) is 9.47 Å². The summed E-state index contributed by atoms with van der Waals surface area (Å²) < 4.78 is 12.7. The number of methoxy groups -OCH3 is 1. The Hall–Kier alpha value is -3.00. The van der Waals surface area contributed by atoms with Crippen molar-refractivity contribution in [2.45, 2.75) is 25.6 Å². The maximum atomic E-state index is 12.3. The zero-order valence-corrected chi connectivity index (χ0v) is 17.7. The number of anilines is 1. The van der Waals surface area contributed by atoms with Gasteiger partial charge in [-0.05, 0) is 49.7 Å². The first-order chi connectivity index (χ1) is 14.0. The van der Waals surface area contributed by atoms with E-state index in [9.17, 15) is 4.79 Å². The summed E-state index contributed by atoms with van der Waals surface area (Å²) in [6.45, 7) is 4.29. The van der Waals surface area contributed by atoms with Crippen molar-refractivity contribution in [2.24, 2.45) is 7.05 Å². The number of nitrogens with zero attached hydrogens (tertiary/aromatic N) is 3. The predicted octanol–water partition coefficient (Wildman–Crippen LogP) is 3.75. The van der Waals surface area contributed by atoms with Gasteiger partial charge in [0.15, 0.2) is 11.0 Å². The summed E-state index contributed by atoms with van der Waals surface area (Å²) in [5, 5.41) is 11.9. The zero-order chi connectivity index (χ0) is 20.8. The molecule has 0 unspecified atom stereocenters. The maximum absolute atomic E-state index is 12.3. The molecule has 0 saturated heterocycles. The lowest BCUT2D eigenvalue weighted by Crippen LogP contribution is -2.15. The van der Waals surface area contributed by atoms with Crippen LogP contribution in [0.3, 0.4) is 0 Å². The van der Waals surface area contributed by atoms with Crippen molar-refractivity contribution in [3.8, 4) is 11.5 Å². The van der Waals surface area contributed by atoms with Crippen LogP contribution in [0.5, 0.6) is 11.5 Å². The Balaban J connectivity index is 1.52. The third-order valence-electron chi connectivity index (χ3n) is 4.34. The molecule has 29 heavy (non-hydrogen) atoms. The van der Waals surface area contributed by atoms with Gasteiger partial charge in [-0.25, -0.2) is 0 Å². The number of nitrogens with one attached hydrogen (secondary N) is 1. The van der Waals surface area contributed by atoms with Gasteiger partial charge in [0.05, 0.1) is 12.9 Å². The van der Waals surface area contributed by atoms with Crippen LogP contribution in [0.15, 0.2) is 47.6 Å². The lowest BCUT2D eigenvalue weighted by atomic mass is 10.1. The van der Waals surface area contributed by atoms with Gasteiger partial charge < -0.3 is 19.4 Å². The molecule has 7 nitrogen and oxygen atoms in total. The van der Waals surface area contributed by atoms with Gasteiger partial charge in [-0.1, -0.05) is 29.5 Å². The monoisotopic (exact) mass is 412 g/mol. The van der Waals surface area contributed by atoms with Gasteiger partial charge in [-0.15, -0.1) is 10.2 Å². The molecule has 0 radical (unpaired) electrons. The van der Waals surface area contributed by atoms with Crippen molar-refractivity contribution in [3.05, 3.63) is 59.4 Å². The van der Waals surface area contributed by atoms with Crippen LogP contribution >= 0.6 is 11.8 Å². The third kappa shape index (κ3) is 5.51. The number of thioether (sulfide) groups is 1. The number of amides is 1. The number of ether oxygens (including phenoxy) is 2. The first-order valence-corrected chi connectivity index (χ1v) is 10.1. The molecule has 3 aromatic rings. The van der Waals surface area contributed by atoms with E-state index in [0.29, 0.717) is 11.0 Å². The Labute approximate surface area is 174 Å². The first-order valence-electron chi connectivity index (χ1n) is 9.11. The van der Waals surface area contributed by atoms with Crippen LogP contribution in [0.1, 0.15) is 17.0 Å². The van der Waals surface area contributed by atoms with E-state index in [1.807, 2.05) is 67.9 Å². The van der Waals surface area contributed by atoms with E-state index in [1.54, 1.807) is 7.11 Å². The molecule has 2 aromatic carbocycles. The number of benzene rings is 2. The highest BCUT2D eigenvalue weighted by molar-refractivity contribution is 7.99. The Morgan fingerprint density at radius 1 is 1.10 bits per heavy atom. The number of carbonyl (C=O) groups is 1. The smallest absolute Gasteiger partial charge is 0.234 e. The number of aryl methyl sites for hydroxylation is 2. The van der Waals surface area contributed by atoms with E-state index in [1.165, 1.54) is 17.3 Å². The highest BCUT2D eigenvalue weighted by atomic mass is 32.2. The summed E-state index contributed by atoms with van der Waals surface area (Å²) in [4.78, 5) is 12.3. The average molecular weight is 413 g/mol. The molecular formula is C21H24N4O3S. The number of carbonyl (C=O) groups excluding carboxylic acids is 1. The second kappa shape index (κ2) is 9.47. The minimum absolute atomic E-state index is 0.0824. The highest BCUT2D eigenvalue weighted by Crippen LogP contribution is 2.21. The molecule has 0 fully saturated rings. The molecular weight excluding hydrogens is 388 g/mol. The zero-order valence-electron chi connectivity index (χ0n) is 16.9. The molecule has 1 N–H and O–H groups in total. The third-order valence-corrected chi connectivity index (χ3v) is 5.36. The fourth-order valence-electron chi connectivity index (χ4n) is 2.69. The van der Waals surface area contributed by atoms with Crippen molar-refractivity contribution >= 4 is 23.4 Å². The number of aromatic nitrogens is 3. The van der Waals surface area contributed by atoms with E-state index < -0.39 is 0 Å². The standard InChI is InChI=1S/C21H24N4O3S/c1-14-5-10-18(15(2)11-14)22-20(26)13-29-21-24-23-19(25(21)3)12-28-17-8-6-16(27-4)7-9-17/h5-11H,12-13H2,1-4H3,(H,22,26). The van der Waals surface area contributed by atoms with Gasteiger partial charge in [-0.3, -0.25) is 4.79 Å². The van der Waals surface area contributed by atoms with Gasteiger partial charge in [0.2, 0.25) is 5.91 Å². The topological polar surface area (TPSA) is 78.3 Å². The van der Waals surface area contributed by atoms with Crippen LogP contribution in [0, 0.1) is 13.8 Å². The van der Waals surface area contributed by atoms with E-state index in [0.717, 1.165) is 22.7 Å². The SMILES string of the molecule is COc1ccc(OCc2nnc(SCC(=O)Nc3ccc(C)cc3C)n2C)cc1. The summed E-state index contributed by atoms with van der Waals surface area (Å²) in [5.74, 6) is 2.34. The molecule has 1 heterocycles. The molecule has 152 valence electrons. The van der Waals surface area contributed by atoms with E-state index >= 15 is 0 Å². The Bertz CT molecular complexity index is 986. The summed E-state index contributed by atoms with van der Waals surface area (Å²) in [7, 11) is 3.48. The Kier molecular flexibility index (Phi) is 6.77. The normalized spacial score (nSPS) is 10.6. The minimum atomic E-state index is -0.0824. The summed E-state index contributed by atoms with van der Waals surface area (Å²) in [6, 6.07) is 13.3. The fourth-order valence-corrected chi connectivity index (χ4v) is 3.42. The van der Waals surface area contributed by atoms with Crippen molar-refractivity contribution < 1.29 is 14.3 Å². The van der Waals surface area contributed by atoms with Gasteiger partial charge in [0, 0.05) is 12.7 Å². The van der Waals surface area contributed by atoms with Crippen LogP contribution in [-0.2, 0) is 18.4 Å². The van der Waals surface area contributed by atoms with Crippen LogP contribution in [0.2, 0.25) is 0 Å². The van der Waals surface area contributed by atoms with E-state index in [2.05, 4.69) is 15.5 Å². The van der Waals surface area contributed by atoms with Crippen LogP contribution in [-0.4, -0.2) is 33.5 Å². The van der Waals surface area contributed by atoms with Crippen LogP contribution < -0.4 is 14.8 Å². The minimum Gasteiger partial charge on any atom is -0.497 e. The molecule has 0 bridgehead atoms. The maximum Gasteiger partial charge on any atom is 0.234 e. The largest absolute Gasteiger partial charge is 0.497 e. The Morgan fingerprint density at radius 3 is 2.52 bits per heavy atom. The molecule has 1 aromatic heterocycles. The molecule has 0 saturated carbocycles. The summed E-state index contributed by atoms with van der Waals surface area (Å²) in [6.07, 6.45) is 0. The predicted molar refractivity (Wildman–Crippen MR) is 114 cm³/mol. The van der Waals surface area contributed by atoms with E-state index in [-0.39, 0.29) is 18.3 Å². The molecule has 0 aliphatic rings. The first kappa shape index (κ1) is 20.7. The van der Waals surface area contributed by atoms with Crippen LogP contribution in [0.4, 0.5) is 5.69 Å². The quantitative estimate of drug-likeness (QED) is 0.568. The lowest BCUT2D eigenvalue weighted by Gasteiger charge is -2.09. The molecule has 0 atom stereocenters. The Morgan fingerprint density at radius 2 is 1.83 bits per heavy atom. The van der Waals surface area contributed by atoms with Gasteiger partial charge in [0.1, 0.15) is 18.1 Å². The number of hydrogen-bond donors (Lipinski definition) is 1. The highest BCUT2D eigenvalue weighted by Gasteiger charge is 2.13. The summed E-state index contributed by atoms with van der Waals surface area (Å²) >= 11 is 1.34. The van der Waals surface area contributed by atoms with Crippen molar-refractivity contribution in [2.75, 3.05) is 18.2 Å². The van der Waals surface area contributed by atoms with Crippen molar-refractivity contribution in [3.63, 3.8) is 0 Å². The second-order valence-corrected chi connectivity index (χ2v) is 7.52. The number of rotatable bonds is 8. The lowest BCUT2D eigenvalue weighted by molar-refractivity contribution is -0.113. The molecule has 1 amide bonds. The molecule has 3 rings (SSSR count). The molecule has 8 heteroatoms. The second-order valence-electron chi connectivity index (χ2n) is 6.58.